The van der Waals surface area contributed by atoms with Crippen molar-refractivity contribution in [1.29, 1.82) is 0 Å². The van der Waals surface area contributed by atoms with Gasteiger partial charge in [-0.15, -0.1) is 0 Å². The van der Waals surface area contributed by atoms with Crippen LogP contribution in [0.1, 0.15) is 18.4 Å². The molecule has 0 aliphatic carbocycles. The van der Waals surface area contributed by atoms with Crippen LogP contribution in [-0.4, -0.2) is 37.0 Å². The normalized spacial score (nSPS) is 18.5. The van der Waals surface area contributed by atoms with Crippen LogP contribution in [0.5, 0.6) is 0 Å². The van der Waals surface area contributed by atoms with E-state index < -0.39 is 29.8 Å². The van der Waals surface area contributed by atoms with E-state index in [0.717, 1.165) is 0 Å². The van der Waals surface area contributed by atoms with Gasteiger partial charge in [-0.3, -0.25) is 9.59 Å². The average Bonchev–Trinajstić information content (AvgIpc) is 2.94. The maximum atomic E-state index is 13.7. The lowest BCUT2D eigenvalue weighted by atomic mass is 10.0. The van der Waals surface area contributed by atoms with Crippen LogP contribution in [0.4, 0.5) is 4.39 Å². The quantitative estimate of drug-likeness (QED) is 0.767. The molecular weight excluding hydrogens is 291 g/mol. The molecule has 0 saturated carbocycles. The summed E-state index contributed by atoms with van der Waals surface area (Å²) in [6.07, 6.45) is 0.623. The Labute approximate surface area is 127 Å². The summed E-state index contributed by atoms with van der Waals surface area (Å²) in [5, 5.41) is 5.03. The zero-order chi connectivity index (χ0) is 16.1. The zero-order valence-electron chi connectivity index (χ0n) is 12.1. The van der Waals surface area contributed by atoms with E-state index in [4.69, 9.17) is 0 Å². The lowest BCUT2D eigenvalue weighted by Crippen LogP contribution is -2.50. The number of carbonyl (C=O) groups excluding carboxylic acids is 3. The van der Waals surface area contributed by atoms with Crippen molar-refractivity contribution in [1.82, 2.24) is 10.6 Å². The molecule has 0 bridgehead atoms. The third-order valence-corrected chi connectivity index (χ3v) is 3.50. The predicted molar refractivity (Wildman–Crippen MR) is 75.2 cm³/mol. The Morgan fingerprint density at radius 3 is 2.77 bits per heavy atom. The molecule has 22 heavy (non-hydrogen) atoms. The summed E-state index contributed by atoms with van der Waals surface area (Å²) in [4.78, 5) is 35.0. The summed E-state index contributed by atoms with van der Waals surface area (Å²) < 4.78 is 18.3. The van der Waals surface area contributed by atoms with Crippen LogP contribution in [-0.2, 0) is 25.5 Å². The van der Waals surface area contributed by atoms with Gasteiger partial charge in [-0.25, -0.2) is 9.18 Å². The highest BCUT2D eigenvalue weighted by Crippen LogP contribution is 2.11. The van der Waals surface area contributed by atoms with E-state index in [-0.39, 0.29) is 18.7 Å². The van der Waals surface area contributed by atoms with Gasteiger partial charge in [0.2, 0.25) is 11.8 Å². The molecule has 2 N–H and O–H groups in total. The minimum absolute atomic E-state index is 0.0221. The smallest absolute Gasteiger partial charge is 0.328 e. The Morgan fingerprint density at radius 2 is 2.18 bits per heavy atom. The molecule has 1 aromatic rings. The molecule has 2 amide bonds. The standard InChI is InChI=1S/C15H17FN2O4/c1-22-15(21)12(8-9-4-2-3-5-10(9)16)18-14(20)11-6-7-13(19)17-11/h2-5,11-12H,6-8H2,1H3,(H,17,19)(H,18,20)/t11-,12-/m0/s1. The number of hydrogen-bond donors (Lipinski definition) is 2. The van der Waals surface area contributed by atoms with Gasteiger partial charge < -0.3 is 15.4 Å². The Bertz CT molecular complexity index is 591. The Balaban J connectivity index is 2.06. The van der Waals surface area contributed by atoms with E-state index in [2.05, 4.69) is 15.4 Å². The largest absolute Gasteiger partial charge is 0.467 e. The first kappa shape index (κ1) is 15.9. The highest BCUT2D eigenvalue weighted by Gasteiger charge is 2.31. The SMILES string of the molecule is COC(=O)[C@H](Cc1ccccc1F)NC(=O)[C@@H]1CCC(=O)N1. The summed E-state index contributed by atoms with van der Waals surface area (Å²) in [5.41, 5.74) is 0.300. The molecule has 1 saturated heterocycles. The molecule has 118 valence electrons. The van der Waals surface area contributed by atoms with Crippen molar-refractivity contribution in [3.8, 4) is 0 Å². The second-order valence-corrected chi connectivity index (χ2v) is 5.04. The van der Waals surface area contributed by atoms with Crippen LogP contribution in [0.25, 0.3) is 0 Å². The number of nitrogens with one attached hydrogen (secondary N) is 2. The number of halogens is 1. The topological polar surface area (TPSA) is 84.5 Å². The fraction of sp³-hybridized carbons (Fsp3) is 0.400. The van der Waals surface area contributed by atoms with Crippen molar-refractivity contribution in [2.24, 2.45) is 0 Å². The van der Waals surface area contributed by atoms with Crippen molar-refractivity contribution in [3.63, 3.8) is 0 Å². The van der Waals surface area contributed by atoms with Gasteiger partial charge in [0.15, 0.2) is 0 Å². The Kier molecular flexibility index (Phi) is 5.08. The first-order valence-corrected chi connectivity index (χ1v) is 6.92. The third kappa shape index (κ3) is 3.81. The number of benzene rings is 1. The molecule has 1 heterocycles. The van der Waals surface area contributed by atoms with E-state index in [9.17, 15) is 18.8 Å². The van der Waals surface area contributed by atoms with E-state index in [1.54, 1.807) is 12.1 Å². The van der Waals surface area contributed by atoms with Gasteiger partial charge in [0.25, 0.3) is 0 Å². The van der Waals surface area contributed by atoms with Crippen molar-refractivity contribution in [2.75, 3.05) is 7.11 Å². The summed E-state index contributed by atoms with van der Waals surface area (Å²) in [7, 11) is 1.19. The Morgan fingerprint density at radius 1 is 1.45 bits per heavy atom. The van der Waals surface area contributed by atoms with Crippen LogP contribution in [0, 0.1) is 5.82 Å². The number of esters is 1. The molecule has 0 radical (unpaired) electrons. The lowest BCUT2D eigenvalue weighted by Gasteiger charge is -2.19. The van der Waals surface area contributed by atoms with Crippen LogP contribution in [0.15, 0.2) is 24.3 Å². The number of amides is 2. The molecule has 7 heteroatoms. The number of ether oxygens (including phenoxy) is 1. The van der Waals surface area contributed by atoms with E-state index >= 15 is 0 Å². The van der Waals surface area contributed by atoms with Gasteiger partial charge >= 0.3 is 5.97 Å². The fourth-order valence-corrected chi connectivity index (χ4v) is 2.30. The first-order valence-electron chi connectivity index (χ1n) is 6.92. The molecular formula is C15H17FN2O4. The minimum Gasteiger partial charge on any atom is -0.467 e. The molecule has 0 aromatic heterocycles. The predicted octanol–water partition coefficient (Wildman–Crippen LogP) is 0.305. The van der Waals surface area contributed by atoms with Crippen LogP contribution in [0.2, 0.25) is 0 Å². The summed E-state index contributed by atoms with van der Waals surface area (Å²) >= 11 is 0. The average molecular weight is 308 g/mol. The summed E-state index contributed by atoms with van der Waals surface area (Å²) in [6, 6.07) is 4.33. The molecule has 6 nitrogen and oxygen atoms in total. The lowest BCUT2D eigenvalue weighted by molar-refractivity contribution is -0.145. The molecule has 2 atom stereocenters. The van der Waals surface area contributed by atoms with Gasteiger partial charge in [-0.1, -0.05) is 18.2 Å². The maximum Gasteiger partial charge on any atom is 0.328 e. The van der Waals surface area contributed by atoms with Gasteiger partial charge in [-0.2, -0.15) is 0 Å². The second kappa shape index (κ2) is 7.02. The van der Waals surface area contributed by atoms with E-state index in [0.29, 0.717) is 12.0 Å². The monoisotopic (exact) mass is 308 g/mol. The molecule has 1 aromatic carbocycles. The number of methoxy groups -OCH3 is 1. The molecule has 1 aliphatic rings. The summed E-state index contributed by atoms with van der Waals surface area (Å²) in [6.45, 7) is 0. The van der Waals surface area contributed by atoms with Crippen molar-refractivity contribution >= 4 is 17.8 Å². The van der Waals surface area contributed by atoms with Crippen molar-refractivity contribution in [3.05, 3.63) is 35.6 Å². The van der Waals surface area contributed by atoms with Crippen molar-refractivity contribution < 1.29 is 23.5 Å². The second-order valence-electron chi connectivity index (χ2n) is 5.04. The Hall–Kier alpha value is -2.44. The minimum atomic E-state index is -1.01. The highest BCUT2D eigenvalue weighted by molar-refractivity contribution is 5.93. The number of carbonyl (C=O) groups is 3. The van der Waals surface area contributed by atoms with Crippen LogP contribution in [0.3, 0.4) is 0 Å². The maximum absolute atomic E-state index is 13.7. The zero-order valence-corrected chi connectivity index (χ0v) is 12.1. The molecule has 1 aliphatic heterocycles. The number of rotatable bonds is 5. The van der Waals surface area contributed by atoms with E-state index in [1.807, 2.05) is 0 Å². The summed E-state index contributed by atoms with van der Waals surface area (Å²) in [5.74, 6) is -1.80. The van der Waals surface area contributed by atoms with Gasteiger partial charge in [0, 0.05) is 12.8 Å². The first-order chi connectivity index (χ1) is 10.5. The van der Waals surface area contributed by atoms with E-state index in [1.165, 1.54) is 19.2 Å². The van der Waals surface area contributed by atoms with Gasteiger partial charge in [0.05, 0.1) is 7.11 Å². The molecule has 0 spiro atoms. The number of hydrogen-bond acceptors (Lipinski definition) is 4. The van der Waals surface area contributed by atoms with Gasteiger partial charge in [0.1, 0.15) is 17.9 Å². The van der Waals surface area contributed by atoms with Crippen molar-refractivity contribution in [2.45, 2.75) is 31.3 Å². The van der Waals surface area contributed by atoms with Crippen LogP contribution >= 0.6 is 0 Å². The van der Waals surface area contributed by atoms with Crippen LogP contribution < -0.4 is 10.6 Å². The fourth-order valence-electron chi connectivity index (χ4n) is 2.30. The highest BCUT2D eigenvalue weighted by atomic mass is 19.1. The molecule has 1 fully saturated rings. The molecule has 0 unspecified atom stereocenters. The van der Waals surface area contributed by atoms with Gasteiger partial charge in [-0.05, 0) is 18.1 Å². The molecule has 2 rings (SSSR count). The third-order valence-electron chi connectivity index (χ3n) is 3.50.